The summed E-state index contributed by atoms with van der Waals surface area (Å²) >= 11 is 6.46. The normalized spacial score (nSPS) is 16.9. The molecule has 0 radical (unpaired) electrons. The van der Waals surface area contributed by atoms with Crippen molar-refractivity contribution in [3.8, 4) is 11.5 Å². The third kappa shape index (κ3) is 7.73. The second-order valence-electron chi connectivity index (χ2n) is 8.85. The van der Waals surface area contributed by atoms with Crippen molar-refractivity contribution >= 4 is 46.3 Å². The molecule has 1 heterocycles. The van der Waals surface area contributed by atoms with Crippen LogP contribution in [-0.4, -0.2) is 45.0 Å². The zero-order chi connectivity index (χ0) is 25.3. The van der Waals surface area contributed by atoms with Crippen LogP contribution in [0.4, 0.5) is 0 Å². The van der Waals surface area contributed by atoms with Crippen LogP contribution in [0.2, 0.25) is 0 Å². The van der Waals surface area contributed by atoms with Gasteiger partial charge in [-0.05, 0) is 56.4 Å². The van der Waals surface area contributed by atoms with Crippen LogP contribution in [0.15, 0.2) is 23.1 Å². The minimum atomic E-state index is -1.06. The van der Waals surface area contributed by atoms with Gasteiger partial charge in [0.1, 0.15) is 10.4 Å². The summed E-state index contributed by atoms with van der Waals surface area (Å²) in [6.45, 7) is 10.2. The summed E-state index contributed by atoms with van der Waals surface area (Å²) in [5.74, 6) is -0.416. The summed E-state index contributed by atoms with van der Waals surface area (Å²) in [4.78, 5) is 26.3. The number of carboxylic acid groups (broad SMARTS) is 1. The molecule has 8 heteroatoms. The molecule has 6 nitrogen and oxygen atoms in total. The summed E-state index contributed by atoms with van der Waals surface area (Å²) in [6, 6.07) is 4.59. The minimum absolute atomic E-state index is 0.0759. The molecule has 0 aliphatic carbocycles. The number of rotatable bonds is 14. The Kier molecular flexibility index (Phi) is 11.4. The van der Waals surface area contributed by atoms with Crippen LogP contribution in [0.25, 0.3) is 6.08 Å². The van der Waals surface area contributed by atoms with E-state index < -0.39 is 12.0 Å². The maximum Gasteiger partial charge on any atom is 0.327 e. The fourth-order valence-corrected chi connectivity index (χ4v) is 5.19. The molecule has 1 aliphatic heterocycles. The number of thiocarbonyl (C=S) groups is 1. The monoisotopic (exact) mass is 507 g/mol. The predicted molar refractivity (Wildman–Crippen MR) is 142 cm³/mol. The van der Waals surface area contributed by atoms with Gasteiger partial charge in [0.05, 0.1) is 17.6 Å². The van der Waals surface area contributed by atoms with Crippen LogP contribution >= 0.6 is 24.0 Å². The molecule has 1 N–H and O–H groups in total. The highest BCUT2D eigenvalue weighted by Gasteiger charge is 2.41. The van der Waals surface area contributed by atoms with Crippen LogP contribution in [0.5, 0.6) is 11.5 Å². The Balaban J connectivity index is 2.16. The largest absolute Gasteiger partial charge is 0.490 e. The molecule has 1 fully saturated rings. The van der Waals surface area contributed by atoms with E-state index in [2.05, 4.69) is 13.8 Å². The van der Waals surface area contributed by atoms with Crippen molar-refractivity contribution < 1.29 is 24.2 Å². The molecule has 0 saturated carbocycles. The minimum Gasteiger partial charge on any atom is -0.490 e. The first-order valence-electron chi connectivity index (χ1n) is 12.1. The van der Waals surface area contributed by atoms with Crippen LogP contribution in [0.3, 0.4) is 0 Å². The Bertz CT molecular complexity index is 899. The average molecular weight is 508 g/mol. The molecule has 1 aliphatic rings. The summed E-state index contributed by atoms with van der Waals surface area (Å²) in [7, 11) is 0. The van der Waals surface area contributed by atoms with Gasteiger partial charge in [-0.15, -0.1) is 0 Å². The highest BCUT2D eigenvalue weighted by molar-refractivity contribution is 8.26. The molecular formula is C26H37NO5S2. The first-order valence-corrected chi connectivity index (χ1v) is 13.3. The van der Waals surface area contributed by atoms with Gasteiger partial charge < -0.3 is 14.6 Å². The molecule has 34 heavy (non-hydrogen) atoms. The Morgan fingerprint density at radius 3 is 2.47 bits per heavy atom. The number of benzene rings is 1. The number of carbonyl (C=O) groups is 2. The topological polar surface area (TPSA) is 76.1 Å². The van der Waals surface area contributed by atoms with Crippen molar-refractivity contribution in [2.75, 3.05) is 6.61 Å². The van der Waals surface area contributed by atoms with E-state index in [9.17, 15) is 14.7 Å². The standard InChI is InChI=1S/C26H37NO5S2/c1-6-8-9-10-11-12-18(5)32-20-14-13-19(15-21(20)31-7-2)16-22-24(28)27(26(33)34-22)23(17(3)4)25(29)30/h13-18,23H,6-12H2,1-5H3,(H,29,30)/b22-16+/t18-,23+/m1/s1. The second kappa shape index (κ2) is 13.7. The third-order valence-corrected chi connectivity index (χ3v) is 6.92. The van der Waals surface area contributed by atoms with E-state index in [1.54, 1.807) is 19.9 Å². The Labute approximate surface area is 213 Å². The van der Waals surface area contributed by atoms with Gasteiger partial charge in [-0.2, -0.15) is 0 Å². The van der Waals surface area contributed by atoms with E-state index in [0.29, 0.717) is 23.0 Å². The summed E-state index contributed by atoms with van der Waals surface area (Å²) in [6.07, 6.45) is 8.92. The van der Waals surface area contributed by atoms with E-state index in [1.807, 2.05) is 25.1 Å². The molecule has 0 unspecified atom stereocenters. The first-order chi connectivity index (χ1) is 16.2. The van der Waals surface area contributed by atoms with Crippen molar-refractivity contribution in [2.45, 2.75) is 85.3 Å². The third-order valence-electron chi connectivity index (χ3n) is 5.59. The van der Waals surface area contributed by atoms with Crippen molar-refractivity contribution in [2.24, 2.45) is 5.92 Å². The Hall–Kier alpha value is -2.06. The van der Waals surface area contributed by atoms with Crippen molar-refractivity contribution in [3.05, 3.63) is 28.7 Å². The number of hydrogen-bond donors (Lipinski definition) is 1. The molecule has 2 atom stereocenters. The molecule has 0 aromatic heterocycles. The second-order valence-corrected chi connectivity index (χ2v) is 10.5. The molecule has 188 valence electrons. The Morgan fingerprint density at radius 1 is 1.15 bits per heavy atom. The van der Waals surface area contributed by atoms with E-state index in [-0.39, 0.29) is 22.2 Å². The zero-order valence-electron chi connectivity index (χ0n) is 20.8. The lowest BCUT2D eigenvalue weighted by Gasteiger charge is -2.26. The number of ether oxygens (including phenoxy) is 2. The van der Waals surface area contributed by atoms with E-state index in [4.69, 9.17) is 21.7 Å². The number of aliphatic carboxylic acids is 1. The van der Waals surface area contributed by atoms with Crippen LogP contribution in [0, 0.1) is 5.92 Å². The molecule has 0 spiro atoms. The molecule has 1 saturated heterocycles. The maximum atomic E-state index is 13.0. The first kappa shape index (κ1) is 28.2. The quantitative estimate of drug-likeness (QED) is 0.174. The van der Waals surface area contributed by atoms with Gasteiger partial charge in [0.15, 0.2) is 11.5 Å². The fourth-order valence-electron chi connectivity index (χ4n) is 3.86. The number of thioether (sulfide) groups is 1. The zero-order valence-corrected chi connectivity index (χ0v) is 22.5. The molecular weight excluding hydrogens is 470 g/mol. The van der Waals surface area contributed by atoms with Crippen molar-refractivity contribution in [3.63, 3.8) is 0 Å². The van der Waals surface area contributed by atoms with E-state index in [0.717, 1.165) is 30.2 Å². The summed E-state index contributed by atoms with van der Waals surface area (Å²) < 4.78 is 12.2. The summed E-state index contributed by atoms with van der Waals surface area (Å²) in [5, 5.41) is 9.59. The predicted octanol–water partition coefficient (Wildman–Crippen LogP) is 6.52. The van der Waals surface area contributed by atoms with E-state index in [1.165, 1.54) is 30.6 Å². The van der Waals surface area contributed by atoms with Gasteiger partial charge in [-0.1, -0.05) is 76.5 Å². The highest BCUT2D eigenvalue weighted by Crippen LogP contribution is 2.37. The van der Waals surface area contributed by atoms with Gasteiger partial charge >= 0.3 is 5.97 Å². The molecule has 1 aromatic rings. The molecule has 2 rings (SSSR count). The molecule has 1 aromatic carbocycles. The fraction of sp³-hybridized carbons (Fsp3) is 0.577. The van der Waals surface area contributed by atoms with Gasteiger partial charge in [0, 0.05) is 0 Å². The van der Waals surface area contributed by atoms with Crippen molar-refractivity contribution in [1.29, 1.82) is 0 Å². The number of hydrogen-bond acceptors (Lipinski definition) is 6. The van der Waals surface area contributed by atoms with Crippen molar-refractivity contribution in [1.82, 2.24) is 4.90 Å². The van der Waals surface area contributed by atoms with Gasteiger partial charge in [-0.25, -0.2) is 4.79 Å². The van der Waals surface area contributed by atoms with Gasteiger partial charge in [0.25, 0.3) is 5.91 Å². The van der Waals surface area contributed by atoms with Crippen LogP contribution in [-0.2, 0) is 9.59 Å². The maximum absolute atomic E-state index is 13.0. The lowest BCUT2D eigenvalue weighted by molar-refractivity contribution is -0.146. The van der Waals surface area contributed by atoms with Gasteiger partial charge in [-0.3, -0.25) is 9.69 Å². The average Bonchev–Trinajstić information content (AvgIpc) is 3.03. The number of amides is 1. The SMILES string of the molecule is CCCCCCC[C@@H](C)Oc1ccc(/C=C2/SC(=S)N([C@H](C(=O)O)C(C)C)C2=O)cc1OCC. The number of unbranched alkanes of at least 4 members (excludes halogenated alkanes) is 4. The molecule has 0 bridgehead atoms. The number of carboxylic acids is 1. The van der Waals surface area contributed by atoms with Crippen LogP contribution < -0.4 is 9.47 Å². The molecule has 1 amide bonds. The number of nitrogens with zero attached hydrogens (tertiary/aromatic N) is 1. The summed E-state index contributed by atoms with van der Waals surface area (Å²) in [5.41, 5.74) is 0.764. The number of carbonyl (C=O) groups excluding carboxylic acids is 1. The van der Waals surface area contributed by atoms with E-state index >= 15 is 0 Å². The van der Waals surface area contributed by atoms with Crippen LogP contribution in [0.1, 0.15) is 78.7 Å². The highest BCUT2D eigenvalue weighted by atomic mass is 32.2. The lowest BCUT2D eigenvalue weighted by Crippen LogP contribution is -2.47. The smallest absolute Gasteiger partial charge is 0.327 e. The van der Waals surface area contributed by atoms with Gasteiger partial charge in [0.2, 0.25) is 0 Å². The Morgan fingerprint density at radius 2 is 1.85 bits per heavy atom. The lowest BCUT2D eigenvalue weighted by atomic mass is 10.0.